The molecule has 0 heteroatoms. The summed E-state index contributed by atoms with van der Waals surface area (Å²) in [5.41, 5.74) is 0. The van der Waals surface area contributed by atoms with Crippen molar-refractivity contribution in [1.82, 2.24) is 0 Å². The molecule has 2 aliphatic rings. The Hall–Kier alpha value is 0. The SMILES string of the molecule is C[C@@H]1CC[C@H](C)C2CCCC[C@H]21. The zero-order valence-corrected chi connectivity index (χ0v) is 8.55. The third-order valence-corrected chi connectivity index (χ3v) is 4.41. The van der Waals surface area contributed by atoms with Crippen LogP contribution in [0.5, 0.6) is 0 Å². The maximum atomic E-state index is 2.48. The molecule has 0 aliphatic heterocycles. The minimum absolute atomic E-state index is 1.03. The summed E-state index contributed by atoms with van der Waals surface area (Å²) >= 11 is 0. The number of hydrogen-bond donors (Lipinski definition) is 0. The van der Waals surface area contributed by atoms with Gasteiger partial charge in [0.05, 0.1) is 0 Å². The highest BCUT2D eigenvalue weighted by atomic mass is 14.4. The lowest BCUT2D eigenvalue weighted by molar-refractivity contribution is 0.0672. The molecular weight excluding hydrogens is 144 g/mol. The average molecular weight is 166 g/mol. The van der Waals surface area contributed by atoms with Crippen LogP contribution in [0.1, 0.15) is 52.4 Å². The summed E-state index contributed by atoms with van der Waals surface area (Å²) in [6.07, 6.45) is 9.10. The van der Waals surface area contributed by atoms with Gasteiger partial charge >= 0.3 is 0 Å². The summed E-state index contributed by atoms with van der Waals surface area (Å²) in [5.74, 6) is 4.27. The molecule has 0 nitrogen and oxygen atoms in total. The Morgan fingerprint density at radius 1 is 0.667 bits per heavy atom. The van der Waals surface area contributed by atoms with Gasteiger partial charge in [0.2, 0.25) is 0 Å². The van der Waals surface area contributed by atoms with Gasteiger partial charge < -0.3 is 0 Å². The molecule has 0 aromatic carbocycles. The molecular formula is C12H22. The van der Waals surface area contributed by atoms with Crippen molar-refractivity contribution in [2.45, 2.75) is 52.4 Å². The lowest BCUT2D eigenvalue weighted by atomic mass is 9.62. The predicted molar refractivity (Wildman–Crippen MR) is 53.0 cm³/mol. The van der Waals surface area contributed by atoms with Crippen LogP contribution in [0.15, 0.2) is 0 Å². The largest absolute Gasteiger partial charge is 0.0622 e. The van der Waals surface area contributed by atoms with Crippen LogP contribution in [0, 0.1) is 23.7 Å². The van der Waals surface area contributed by atoms with Crippen LogP contribution in [0.4, 0.5) is 0 Å². The molecule has 1 unspecified atom stereocenters. The van der Waals surface area contributed by atoms with E-state index in [0.717, 1.165) is 23.7 Å². The Kier molecular flexibility index (Phi) is 2.43. The van der Waals surface area contributed by atoms with Crippen molar-refractivity contribution in [2.75, 3.05) is 0 Å². The van der Waals surface area contributed by atoms with E-state index in [2.05, 4.69) is 13.8 Å². The van der Waals surface area contributed by atoms with Gasteiger partial charge in [0.25, 0.3) is 0 Å². The molecule has 0 amide bonds. The van der Waals surface area contributed by atoms with E-state index in [1.165, 1.54) is 38.5 Å². The molecule has 0 N–H and O–H groups in total. The first-order chi connectivity index (χ1) is 5.79. The quantitative estimate of drug-likeness (QED) is 0.512. The van der Waals surface area contributed by atoms with Gasteiger partial charge in [-0.1, -0.05) is 39.5 Å². The second-order valence-corrected chi connectivity index (χ2v) is 5.14. The van der Waals surface area contributed by atoms with Gasteiger partial charge in [-0.2, -0.15) is 0 Å². The topological polar surface area (TPSA) is 0 Å². The molecule has 0 aromatic rings. The molecule has 0 aromatic heterocycles. The van der Waals surface area contributed by atoms with Gasteiger partial charge in [0, 0.05) is 0 Å². The average Bonchev–Trinajstić information content (AvgIpc) is 2.12. The molecule has 12 heavy (non-hydrogen) atoms. The summed E-state index contributed by atoms with van der Waals surface area (Å²) < 4.78 is 0. The van der Waals surface area contributed by atoms with Crippen molar-refractivity contribution >= 4 is 0 Å². The van der Waals surface area contributed by atoms with Gasteiger partial charge in [0.1, 0.15) is 0 Å². The van der Waals surface area contributed by atoms with Gasteiger partial charge in [-0.05, 0) is 36.5 Å². The van der Waals surface area contributed by atoms with E-state index in [1.54, 1.807) is 0 Å². The molecule has 4 atom stereocenters. The van der Waals surface area contributed by atoms with Crippen molar-refractivity contribution < 1.29 is 0 Å². The highest BCUT2D eigenvalue weighted by Gasteiger charge is 2.36. The summed E-state index contributed by atoms with van der Waals surface area (Å²) in [4.78, 5) is 0. The molecule has 0 saturated heterocycles. The highest BCUT2D eigenvalue weighted by Crippen LogP contribution is 2.46. The third kappa shape index (κ3) is 1.41. The number of hydrogen-bond acceptors (Lipinski definition) is 0. The van der Waals surface area contributed by atoms with E-state index in [1.807, 2.05) is 0 Å². The lowest BCUT2D eigenvalue weighted by Gasteiger charge is -2.43. The van der Waals surface area contributed by atoms with Gasteiger partial charge in [0.15, 0.2) is 0 Å². The van der Waals surface area contributed by atoms with Crippen LogP contribution in [0.2, 0.25) is 0 Å². The summed E-state index contributed by atoms with van der Waals surface area (Å²) in [6.45, 7) is 4.96. The second kappa shape index (κ2) is 3.40. The van der Waals surface area contributed by atoms with E-state index >= 15 is 0 Å². The van der Waals surface area contributed by atoms with Crippen LogP contribution in [0.25, 0.3) is 0 Å². The monoisotopic (exact) mass is 166 g/mol. The molecule has 0 bridgehead atoms. The van der Waals surface area contributed by atoms with E-state index in [4.69, 9.17) is 0 Å². The van der Waals surface area contributed by atoms with E-state index in [-0.39, 0.29) is 0 Å². The van der Waals surface area contributed by atoms with Crippen molar-refractivity contribution in [3.8, 4) is 0 Å². The molecule has 70 valence electrons. The van der Waals surface area contributed by atoms with Crippen LogP contribution in [-0.2, 0) is 0 Å². The Bertz CT molecular complexity index is 132. The van der Waals surface area contributed by atoms with Gasteiger partial charge in [-0.3, -0.25) is 0 Å². The predicted octanol–water partition coefficient (Wildman–Crippen LogP) is 3.86. The zero-order valence-electron chi connectivity index (χ0n) is 8.55. The van der Waals surface area contributed by atoms with E-state index < -0.39 is 0 Å². The van der Waals surface area contributed by atoms with Crippen LogP contribution >= 0.6 is 0 Å². The minimum Gasteiger partial charge on any atom is -0.0622 e. The fourth-order valence-corrected chi connectivity index (χ4v) is 3.56. The Balaban J connectivity index is 2.05. The Morgan fingerprint density at radius 2 is 1.08 bits per heavy atom. The normalized spacial score (nSPS) is 48.5. The van der Waals surface area contributed by atoms with E-state index in [9.17, 15) is 0 Å². The summed E-state index contributed by atoms with van der Waals surface area (Å²) in [7, 11) is 0. The molecule has 2 fully saturated rings. The third-order valence-electron chi connectivity index (χ3n) is 4.41. The molecule has 2 rings (SSSR count). The van der Waals surface area contributed by atoms with Crippen LogP contribution in [0.3, 0.4) is 0 Å². The molecule has 2 aliphatic carbocycles. The van der Waals surface area contributed by atoms with Crippen molar-refractivity contribution in [3.05, 3.63) is 0 Å². The van der Waals surface area contributed by atoms with Crippen LogP contribution in [-0.4, -0.2) is 0 Å². The van der Waals surface area contributed by atoms with Crippen molar-refractivity contribution in [1.29, 1.82) is 0 Å². The zero-order chi connectivity index (χ0) is 8.55. The Morgan fingerprint density at radius 3 is 1.50 bits per heavy atom. The van der Waals surface area contributed by atoms with Gasteiger partial charge in [-0.25, -0.2) is 0 Å². The molecule has 0 radical (unpaired) electrons. The first-order valence-corrected chi connectivity index (χ1v) is 5.79. The first-order valence-electron chi connectivity index (χ1n) is 5.79. The van der Waals surface area contributed by atoms with Gasteiger partial charge in [-0.15, -0.1) is 0 Å². The Labute approximate surface area is 76.7 Å². The molecule has 0 heterocycles. The maximum Gasteiger partial charge on any atom is -0.0358 e. The minimum atomic E-state index is 1.03. The standard InChI is InChI=1S/C12H22/c1-9-7-8-10(2)12-6-4-3-5-11(9)12/h9-12H,3-8H2,1-2H3/t9-,10+,11+,12?/m1/s1. The highest BCUT2D eigenvalue weighted by molar-refractivity contribution is 4.86. The smallest absolute Gasteiger partial charge is 0.0358 e. The lowest BCUT2D eigenvalue weighted by Crippen LogP contribution is -2.34. The number of fused-ring (bicyclic) bond motifs is 1. The maximum absolute atomic E-state index is 2.48. The van der Waals surface area contributed by atoms with E-state index in [0.29, 0.717) is 0 Å². The first kappa shape index (κ1) is 8.59. The van der Waals surface area contributed by atoms with Crippen molar-refractivity contribution in [2.24, 2.45) is 23.7 Å². The second-order valence-electron chi connectivity index (χ2n) is 5.14. The molecule has 2 saturated carbocycles. The fourth-order valence-electron chi connectivity index (χ4n) is 3.56. The van der Waals surface area contributed by atoms with Crippen LogP contribution < -0.4 is 0 Å². The molecule has 0 spiro atoms. The number of rotatable bonds is 0. The summed E-state index contributed by atoms with van der Waals surface area (Å²) in [5, 5.41) is 0. The van der Waals surface area contributed by atoms with Crippen molar-refractivity contribution in [3.63, 3.8) is 0 Å². The summed E-state index contributed by atoms with van der Waals surface area (Å²) in [6, 6.07) is 0. The fraction of sp³-hybridized carbons (Fsp3) is 1.00.